The zero-order chi connectivity index (χ0) is 19.5. The van der Waals surface area contributed by atoms with Crippen LogP contribution in [0.15, 0.2) is 0 Å². The third-order valence-corrected chi connectivity index (χ3v) is 9.49. The molecule has 2 rings (SSSR count). The minimum atomic E-state index is -9.46. The average molecular weight is 405 g/mol. The van der Waals surface area contributed by atoms with Gasteiger partial charge in [0.25, 0.3) is 10.2 Å². The summed E-state index contributed by atoms with van der Waals surface area (Å²) in [5.41, 5.74) is 0. The zero-order valence-corrected chi connectivity index (χ0v) is 17.2. The number of hydrogen-bond acceptors (Lipinski definition) is 0. The van der Waals surface area contributed by atoms with E-state index < -0.39 is 21.4 Å². The highest BCUT2D eigenvalue weighted by atomic mass is 32.5. The first-order valence-electron chi connectivity index (χ1n) is 10.6. The lowest BCUT2D eigenvalue weighted by Crippen LogP contribution is -2.45. The van der Waals surface area contributed by atoms with Crippen molar-refractivity contribution in [3.63, 3.8) is 0 Å². The van der Waals surface area contributed by atoms with Crippen molar-refractivity contribution in [1.29, 1.82) is 0 Å². The lowest BCUT2D eigenvalue weighted by molar-refractivity contribution is 0.131. The van der Waals surface area contributed by atoms with Gasteiger partial charge in [0, 0.05) is 0 Å². The van der Waals surface area contributed by atoms with Gasteiger partial charge in [-0.05, 0) is 62.7 Å². The molecule has 0 atom stereocenters. The Bertz CT molecular complexity index is 442. The van der Waals surface area contributed by atoms with Crippen LogP contribution in [0.4, 0.5) is 19.4 Å². The van der Waals surface area contributed by atoms with Gasteiger partial charge in [-0.2, -0.15) is 0 Å². The Morgan fingerprint density at radius 3 is 1.73 bits per heavy atom. The molecule has 0 aromatic heterocycles. The van der Waals surface area contributed by atoms with E-state index in [2.05, 4.69) is 6.92 Å². The molecule has 2 aliphatic rings. The molecule has 158 valence electrons. The smallest absolute Gasteiger partial charge is 0.0973 e. The van der Waals surface area contributed by atoms with Crippen molar-refractivity contribution < 1.29 is 19.4 Å². The molecule has 0 amide bonds. The van der Waals surface area contributed by atoms with E-state index in [9.17, 15) is 19.4 Å². The fraction of sp³-hybridized carbons (Fsp3) is 1.00. The van der Waals surface area contributed by atoms with Crippen LogP contribution in [0.2, 0.25) is 0 Å². The Hall–Kier alpha value is -0.0000000000000000555. The highest BCUT2D eigenvalue weighted by Gasteiger charge is 2.78. The van der Waals surface area contributed by atoms with Gasteiger partial charge in [0.1, 0.15) is 4.75 Å². The molecule has 6 heteroatoms. The second-order valence-electron chi connectivity index (χ2n) is 9.02. The van der Waals surface area contributed by atoms with Crippen LogP contribution >= 0.6 is 10.2 Å². The van der Waals surface area contributed by atoms with Crippen molar-refractivity contribution in [2.24, 2.45) is 17.8 Å². The van der Waals surface area contributed by atoms with Gasteiger partial charge in [-0.3, -0.25) is 0 Å². The van der Waals surface area contributed by atoms with E-state index in [1.807, 2.05) is 0 Å². The fourth-order valence-electron chi connectivity index (χ4n) is 5.55. The van der Waals surface area contributed by atoms with Crippen LogP contribution in [0.3, 0.4) is 0 Å². The summed E-state index contributed by atoms with van der Waals surface area (Å²) in [4.78, 5) is 0. The Morgan fingerprint density at radius 1 is 0.731 bits per heavy atom. The molecule has 0 aliphatic heterocycles. The molecule has 0 aromatic carbocycles. The van der Waals surface area contributed by atoms with Gasteiger partial charge in [0.05, 0.1) is 0 Å². The molecule has 0 nitrogen and oxygen atoms in total. The van der Waals surface area contributed by atoms with Crippen molar-refractivity contribution >= 4 is 10.2 Å². The van der Waals surface area contributed by atoms with E-state index in [1.54, 1.807) is 6.92 Å². The van der Waals surface area contributed by atoms with E-state index in [0.717, 1.165) is 18.8 Å². The van der Waals surface area contributed by atoms with Gasteiger partial charge >= 0.3 is 0 Å². The Labute approximate surface area is 156 Å². The molecule has 0 N–H and O–H groups in total. The van der Waals surface area contributed by atoms with Crippen LogP contribution in [-0.4, -0.2) is 4.75 Å². The molecular formula is C20H37F5S. The molecule has 0 spiro atoms. The Balaban J connectivity index is 1.90. The molecule has 0 bridgehead atoms. The van der Waals surface area contributed by atoms with Crippen LogP contribution in [-0.2, 0) is 0 Å². The minimum Gasteiger partial charge on any atom is -0.0973 e. The molecule has 2 aliphatic carbocycles. The summed E-state index contributed by atoms with van der Waals surface area (Å²) < 4.78 is 65.9. The van der Waals surface area contributed by atoms with E-state index in [0.29, 0.717) is 18.8 Å². The normalized spacial score (nSPS) is 36.3. The highest BCUT2D eigenvalue weighted by molar-refractivity contribution is 8.46. The molecule has 26 heavy (non-hydrogen) atoms. The number of rotatable bonds is 8. The summed E-state index contributed by atoms with van der Waals surface area (Å²) >= 11 is 0. The highest BCUT2D eigenvalue weighted by Crippen LogP contribution is 3.05. The molecule has 0 unspecified atom stereocenters. The first-order valence-corrected chi connectivity index (χ1v) is 12.6. The summed E-state index contributed by atoms with van der Waals surface area (Å²) in [6.07, 6.45) is 9.25. The fourth-order valence-corrected chi connectivity index (χ4v) is 7.15. The summed E-state index contributed by atoms with van der Waals surface area (Å²) in [6, 6.07) is 0. The minimum absolute atomic E-state index is 0.166. The number of halogens is 5. The maximum atomic E-state index is 13.7. The van der Waals surface area contributed by atoms with Crippen LogP contribution in [0.25, 0.3) is 0 Å². The second kappa shape index (κ2) is 7.44. The van der Waals surface area contributed by atoms with Gasteiger partial charge in [-0.1, -0.05) is 78.2 Å². The lowest BCUT2D eigenvalue weighted by Gasteiger charge is -2.58. The monoisotopic (exact) mass is 404 g/mol. The van der Waals surface area contributed by atoms with Crippen molar-refractivity contribution in [3.05, 3.63) is 0 Å². The first-order chi connectivity index (χ1) is 11.9. The van der Waals surface area contributed by atoms with Gasteiger partial charge in [0.2, 0.25) is 0 Å². The van der Waals surface area contributed by atoms with E-state index in [4.69, 9.17) is 0 Å². The molecule has 0 radical (unpaired) electrons. The third-order valence-electron chi connectivity index (χ3n) is 7.24. The van der Waals surface area contributed by atoms with Crippen molar-refractivity contribution in [1.82, 2.24) is 0 Å². The molecule has 2 saturated carbocycles. The number of unbranched alkanes of at least 4 members (excludes halogenated alkanes) is 2. The van der Waals surface area contributed by atoms with Crippen LogP contribution in [0.1, 0.15) is 104 Å². The average Bonchev–Trinajstić information content (AvgIpc) is 2.54. The van der Waals surface area contributed by atoms with Gasteiger partial charge in [-0.25, -0.2) is 0 Å². The summed E-state index contributed by atoms with van der Waals surface area (Å²) in [6.45, 7) is 3.78. The summed E-state index contributed by atoms with van der Waals surface area (Å²) in [5.74, 6) is 1.44. The standard InChI is InChI=1S/C20H37F5S/c1-3-5-6-7-17-8-10-18(11-9-17)19-12-15-20(14-4-2,16-13-19)26(21,22,23,24)25/h17-19H,3-16H2,1-2H3. The largest absolute Gasteiger partial charge is 0.290 e. The van der Waals surface area contributed by atoms with Crippen molar-refractivity contribution in [3.8, 4) is 0 Å². The maximum absolute atomic E-state index is 13.7. The van der Waals surface area contributed by atoms with E-state index in [1.165, 1.54) is 38.5 Å². The maximum Gasteiger partial charge on any atom is 0.290 e. The van der Waals surface area contributed by atoms with Crippen molar-refractivity contribution in [2.75, 3.05) is 0 Å². The molecule has 2 fully saturated rings. The predicted molar refractivity (Wildman–Crippen MR) is 102 cm³/mol. The molecule has 0 aromatic rings. The third kappa shape index (κ3) is 5.08. The predicted octanol–water partition coefficient (Wildman–Crippen LogP) is 9.40. The summed E-state index contributed by atoms with van der Waals surface area (Å²) in [5, 5.41) is 0. The number of hydrogen-bond donors (Lipinski definition) is 0. The second-order valence-corrected chi connectivity index (χ2v) is 11.8. The molecule has 0 heterocycles. The van der Waals surface area contributed by atoms with E-state index in [-0.39, 0.29) is 25.2 Å². The Kier molecular flexibility index (Phi) is 6.38. The lowest BCUT2D eigenvalue weighted by atomic mass is 9.68. The topological polar surface area (TPSA) is 0 Å². The molecular weight excluding hydrogens is 367 g/mol. The van der Waals surface area contributed by atoms with Gasteiger partial charge in [0.15, 0.2) is 0 Å². The summed E-state index contributed by atoms with van der Waals surface area (Å²) in [7, 11) is -9.46. The van der Waals surface area contributed by atoms with Gasteiger partial charge < -0.3 is 0 Å². The van der Waals surface area contributed by atoms with Crippen LogP contribution in [0.5, 0.6) is 0 Å². The first kappa shape index (κ1) is 22.3. The SMILES string of the molecule is CCCCCC1CCC(C2CCC(CCC)(S(F)(F)(F)(F)F)CC2)CC1. The van der Waals surface area contributed by atoms with E-state index >= 15 is 0 Å². The quantitative estimate of drug-likeness (QED) is 0.279. The van der Waals surface area contributed by atoms with Crippen LogP contribution < -0.4 is 0 Å². The van der Waals surface area contributed by atoms with Crippen LogP contribution in [0, 0.1) is 17.8 Å². The zero-order valence-electron chi connectivity index (χ0n) is 16.4. The van der Waals surface area contributed by atoms with Gasteiger partial charge in [-0.15, -0.1) is 0 Å². The van der Waals surface area contributed by atoms with Crippen molar-refractivity contribution in [2.45, 2.75) is 108 Å². The molecule has 0 saturated heterocycles. The Morgan fingerprint density at radius 2 is 1.27 bits per heavy atom.